The van der Waals surface area contributed by atoms with Crippen LogP contribution in [0.1, 0.15) is 44.0 Å². The highest BCUT2D eigenvalue weighted by Crippen LogP contribution is 2.18. The molecule has 0 saturated carbocycles. The quantitative estimate of drug-likeness (QED) is 0.743. The Morgan fingerprint density at radius 3 is 2.50 bits per heavy atom. The van der Waals surface area contributed by atoms with E-state index in [4.69, 9.17) is 5.73 Å². The molecule has 0 fully saturated rings. The van der Waals surface area contributed by atoms with Gasteiger partial charge in [-0.1, -0.05) is 32.9 Å². The van der Waals surface area contributed by atoms with Gasteiger partial charge in [-0.2, -0.15) is 0 Å². The smallest absolute Gasteiger partial charge is 0.242 e. The summed E-state index contributed by atoms with van der Waals surface area (Å²) in [5.74, 6) is 0.239. The number of nitrogens with two attached hydrogens (primary N) is 1. The van der Waals surface area contributed by atoms with Gasteiger partial charge in [0.05, 0.1) is 4.90 Å². The lowest BCUT2D eigenvalue weighted by Gasteiger charge is -2.21. The Kier molecular flexibility index (Phi) is 6.71. The van der Waals surface area contributed by atoms with E-state index in [2.05, 4.69) is 0 Å². The zero-order chi connectivity index (χ0) is 16.9. The minimum Gasteiger partial charge on any atom is -0.327 e. The summed E-state index contributed by atoms with van der Waals surface area (Å²) >= 11 is 0. The molecule has 124 valence electrons. The van der Waals surface area contributed by atoms with Crippen molar-refractivity contribution in [3.63, 3.8) is 0 Å². The molecule has 0 saturated heterocycles. The Morgan fingerprint density at radius 2 is 1.95 bits per heavy atom. The van der Waals surface area contributed by atoms with Gasteiger partial charge in [0.2, 0.25) is 10.0 Å². The van der Waals surface area contributed by atoms with Crippen molar-refractivity contribution in [3.8, 4) is 0 Å². The lowest BCUT2D eigenvalue weighted by Crippen LogP contribution is -2.34. The predicted octanol–water partition coefficient (Wildman–Crippen LogP) is 2.27. The Balaban J connectivity index is 2.91. The number of rotatable bonds is 8. The van der Waals surface area contributed by atoms with Gasteiger partial charge in [-0.05, 0) is 24.5 Å². The molecule has 0 aliphatic heterocycles. The monoisotopic (exact) mass is 326 g/mol. The van der Waals surface area contributed by atoms with Gasteiger partial charge in [0.1, 0.15) is 0 Å². The molecule has 5 nitrogen and oxygen atoms in total. The van der Waals surface area contributed by atoms with E-state index in [9.17, 15) is 13.2 Å². The average Bonchev–Trinajstić information content (AvgIpc) is 2.51. The Labute approximate surface area is 133 Å². The maximum Gasteiger partial charge on any atom is 0.242 e. The third-order valence-corrected chi connectivity index (χ3v) is 5.67. The van der Waals surface area contributed by atoms with Gasteiger partial charge in [-0.15, -0.1) is 0 Å². The van der Waals surface area contributed by atoms with Crippen molar-refractivity contribution < 1.29 is 13.2 Å². The standard InChI is InChI=1S/C16H26N2O3S/c1-5-16(19)13-7-6-8-14(11-13)22(20,21)18(4)10-9-15(17)12(2)3/h6-8,11-12,15H,5,9-10,17H2,1-4H3. The highest BCUT2D eigenvalue weighted by atomic mass is 32.2. The molecule has 22 heavy (non-hydrogen) atoms. The number of sulfonamides is 1. The van der Waals surface area contributed by atoms with Crippen LogP contribution in [0, 0.1) is 5.92 Å². The van der Waals surface area contributed by atoms with Crippen LogP contribution in [0.5, 0.6) is 0 Å². The molecule has 0 aromatic heterocycles. The van der Waals surface area contributed by atoms with Gasteiger partial charge in [0.15, 0.2) is 5.78 Å². The second-order valence-corrected chi connectivity index (χ2v) is 7.87. The van der Waals surface area contributed by atoms with Crippen LogP contribution in [-0.4, -0.2) is 38.1 Å². The van der Waals surface area contributed by atoms with Crippen molar-refractivity contribution in [2.45, 2.75) is 44.6 Å². The summed E-state index contributed by atoms with van der Waals surface area (Å²) in [6.45, 7) is 6.13. The van der Waals surface area contributed by atoms with Crippen molar-refractivity contribution >= 4 is 15.8 Å². The van der Waals surface area contributed by atoms with Crippen LogP contribution in [0.3, 0.4) is 0 Å². The third kappa shape index (κ3) is 4.63. The molecule has 1 aromatic carbocycles. The van der Waals surface area contributed by atoms with E-state index >= 15 is 0 Å². The molecular formula is C16H26N2O3S. The minimum absolute atomic E-state index is 0.0364. The summed E-state index contributed by atoms with van der Waals surface area (Å²) in [6, 6.07) is 6.16. The first-order valence-electron chi connectivity index (χ1n) is 7.55. The zero-order valence-electron chi connectivity index (χ0n) is 13.7. The zero-order valence-corrected chi connectivity index (χ0v) is 14.6. The molecule has 0 heterocycles. The van der Waals surface area contributed by atoms with Crippen molar-refractivity contribution in [3.05, 3.63) is 29.8 Å². The summed E-state index contributed by atoms with van der Waals surface area (Å²) in [5.41, 5.74) is 6.39. The molecular weight excluding hydrogens is 300 g/mol. The van der Waals surface area contributed by atoms with Crippen LogP contribution in [0.2, 0.25) is 0 Å². The molecule has 1 aromatic rings. The van der Waals surface area contributed by atoms with Crippen molar-refractivity contribution in [1.82, 2.24) is 4.31 Å². The second kappa shape index (κ2) is 7.85. The number of hydrogen-bond donors (Lipinski definition) is 1. The number of hydrogen-bond acceptors (Lipinski definition) is 4. The average molecular weight is 326 g/mol. The molecule has 1 atom stereocenters. The van der Waals surface area contributed by atoms with E-state index in [-0.39, 0.29) is 16.7 Å². The predicted molar refractivity (Wildman–Crippen MR) is 88.3 cm³/mol. The summed E-state index contributed by atoms with van der Waals surface area (Å²) in [6.07, 6.45) is 0.948. The number of Topliss-reactive ketones (excluding diaryl/α,β-unsaturated/α-hetero) is 1. The highest BCUT2D eigenvalue weighted by molar-refractivity contribution is 7.89. The molecule has 0 aliphatic rings. The summed E-state index contributed by atoms with van der Waals surface area (Å²) < 4.78 is 26.4. The number of carbonyl (C=O) groups excluding carboxylic acids is 1. The molecule has 2 N–H and O–H groups in total. The highest BCUT2D eigenvalue weighted by Gasteiger charge is 2.22. The van der Waals surface area contributed by atoms with Gasteiger partial charge in [0.25, 0.3) is 0 Å². The van der Waals surface area contributed by atoms with Gasteiger partial charge in [-0.3, -0.25) is 4.79 Å². The number of ketones is 1. The van der Waals surface area contributed by atoms with Crippen LogP contribution >= 0.6 is 0 Å². The first kappa shape index (κ1) is 18.8. The first-order valence-corrected chi connectivity index (χ1v) is 8.99. The van der Waals surface area contributed by atoms with E-state index < -0.39 is 10.0 Å². The van der Waals surface area contributed by atoms with Crippen molar-refractivity contribution in [1.29, 1.82) is 0 Å². The molecule has 0 amide bonds. The molecule has 0 spiro atoms. The molecule has 1 rings (SSSR count). The summed E-state index contributed by atoms with van der Waals surface area (Å²) in [7, 11) is -2.06. The molecule has 0 aliphatic carbocycles. The van der Waals surface area contributed by atoms with E-state index in [1.807, 2.05) is 13.8 Å². The Morgan fingerprint density at radius 1 is 1.32 bits per heavy atom. The summed E-state index contributed by atoms with van der Waals surface area (Å²) in [4.78, 5) is 11.9. The van der Waals surface area contributed by atoms with E-state index in [0.717, 1.165) is 0 Å². The van der Waals surface area contributed by atoms with Gasteiger partial charge in [-0.25, -0.2) is 12.7 Å². The molecule has 1 unspecified atom stereocenters. The number of nitrogens with zero attached hydrogens (tertiary/aromatic N) is 1. The van der Waals surface area contributed by atoms with Crippen LogP contribution in [0.4, 0.5) is 0 Å². The fraction of sp³-hybridized carbons (Fsp3) is 0.562. The van der Waals surface area contributed by atoms with E-state index in [1.165, 1.54) is 23.5 Å². The lowest BCUT2D eigenvalue weighted by atomic mass is 10.0. The van der Waals surface area contributed by atoms with Crippen LogP contribution in [0.25, 0.3) is 0 Å². The SMILES string of the molecule is CCC(=O)c1cccc(S(=O)(=O)N(C)CCC(N)C(C)C)c1. The number of carbonyl (C=O) groups is 1. The van der Waals surface area contributed by atoms with Crippen molar-refractivity contribution in [2.75, 3.05) is 13.6 Å². The van der Waals surface area contributed by atoms with Gasteiger partial charge in [0, 0.05) is 31.6 Å². The molecule has 0 radical (unpaired) electrons. The van der Waals surface area contributed by atoms with Gasteiger partial charge >= 0.3 is 0 Å². The Bertz CT molecular complexity index is 612. The van der Waals surface area contributed by atoms with Crippen molar-refractivity contribution in [2.24, 2.45) is 11.7 Å². The topological polar surface area (TPSA) is 80.5 Å². The van der Waals surface area contributed by atoms with E-state index in [0.29, 0.717) is 30.9 Å². The molecule has 6 heteroatoms. The van der Waals surface area contributed by atoms with Crippen LogP contribution in [-0.2, 0) is 10.0 Å². The van der Waals surface area contributed by atoms with Crippen LogP contribution < -0.4 is 5.73 Å². The maximum atomic E-state index is 12.6. The second-order valence-electron chi connectivity index (χ2n) is 5.83. The number of benzene rings is 1. The summed E-state index contributed by atoms with van der Waals surface area (Å²) in [5, 5.41) is 0. The normalized spacial score (nSPS) is 13.6. The first-order chi connectivity index (χ1) is 10.2. The minimum atomic E-state index is -3.60. The fourth-order valence-corrected chi connectivity index (χ4v) is 3.23. The maximum absolute atomic E-state index is 12.6. The van der Waals surface area contributed by atoms with Crippen LogP contribution in [0.15, 0.2) is 29.2 Å². The molecule has 0 bridgehead atoms. The van der Waals surface area contributed by atoms with Gasteiger partial charge < -0.3 is 5.73 Å². The third-order valence-electron chi connectivity index (χ3n) is 3.82. The van der Waals surface area contributed by atoms with E-state index in [1.54, 1.807) is 19.1 Å². The largest absolute Gasteiger partial charge is 0.327 e. The fourth-order valence-electron chi connectivity index (χ4n) is 2.00. The Hall–Kier alpha value is -1.24. The lowest BCUT2D eigenvalue weighted by molar-refractivity contribution is 0.0988.